The van der Waals surface area contributed by atoms with Crippen molar-refractivity contribution in [2.75, 3.05) is 13.1 Å². The SMILES string of the molecule is Cc1ccsc1C(=O)N1CCC2(CC1)NC(=O)C[C@H]2c1ccncc1. The summed E-state index contributed by atoms with van der Waals surface area (Å²) in [6.07, 6.45) is 5.67. The maximum absolute atomic E-state index is 12.7. The highest BCUT2D eigenvalue weighted by molar-refractivity contribution is 7.12. The third kappa shape index (κ3) is 2.84. The number of thiophene rings is 1. The van der Waals surface area contributed by atoms with Crippen molar-refractivity contribution in [3.05, 3.63) is 52.0 Å². The summed E-state index contributed by atoms with van der Waals surface area (Å²) in [5, 5.41) is 5.19. The molecule has 1 atom stereocenters. The van der Waals surface area contributed by atoms with Crippen LogP contribution in [0.2, 0.25) is 0 Å². The molecule has 2 saturated heterocycles. The molecule has 1 spiro atoms. The van der Waals surface area contributed by atoms with Crippen LogP contribution in [0, 0.1) is 6.92 Å². The second-order valence-electron chi connectivity index (χ2n) is 6.97. The fraction of sp³-hybridized carbons (Fsp3) is 0.421. The van der Waals surface area contributed by atoms with E-state index in [9.17, 15) is 9.59 Å². The molecule has 4 heterocycles. The monoisotopic (exact) mass is 355 g/mol. The molecule has 2 aromatic heterocycles. The molecule has 2 fully saturated rings. The average Bonchev–Trinajstić information content (AvgIpc) is 3.19. The molecule has 0 unspecified atom stereocenters. The minimum Gasteiger partial charge on any atom is -0.350 e. The Morgan fingerprint density at radius 1 is 1.28 bits per heavy atom. The molecule has 0 aromatic carbocycles. The van der Waals surface area contributed by atoms with Gasteiger partial charge in [-0.2, -0.15) is 0 Å². The first-order valence-corrected chi connectivity index (χ1v) is 9.51. The third-order valence-electron chi connectivity index (χ3n) is 5.55. The molecule has 2 amide bonds. The summed E-state index contributed by atoms with van der Waals surface area (Å²) in [6.45, 7) is 3.34. The minimum atomic E-state index is -0.236. The van der Waals surface area contributed by atoms with E-state index in [0.29, 0.717) is 19.5 Å². The number of amides is 2. The Bertz CT molecular complexity index is 794. The zero-order valence-corrected chi connectivity index (χ0v) is 15.0. The summed E-state index contributed by atoms with van der Waals surface area (Å²) in [6, 6.07) is 5.98. The molecule has 2 aromatic rings. The highest BCUT2D eigenvalue weighted by atomic mass is 32.1. The summed E-state index contributed by atoms with van der Waals surface area (Å²) in [5.41, 5.74) is 1.96. The van der Waals surface area contributed by atoms with Gasteiger partial charge < -0.3 is 10.2 Å². The van der Waals surface area contributed by atoms with Crippen molar-refractivity contribution in [1.82, 2.24) is 15.2 Å². The number of nitrogens with one attached hydrogen (secondary N) is 1. The van der Waals surface area contributed by atoms with Crippen molar-refractivity contribution in [3.8, 4) is 0 Å². The number of carbonyl (C=O) groups excluding carboxylic acids is 2. The number of carbonyl (C=O) groups is 2. The van der Waals surface area contributed by atoms with E-state index < -0.39 is 0 Å². The van der Waals surface area contributed by atoms with Crippen LogP contribution in [0.5, 0.6) is 0 Å². The lowest BCUT2D eigenvalue weighted by molar-refractivity contribution is -0.120. The van der Waals surface area contributed by atoms with Crippen molar-refractivity contribution in [3.63, 3.8) is 0 Å². The summed E-state index contributed by atoms with van der Waals surface area (Å²) in [7, 11) is 0. The van der Waals surface area contributed by atoms with Gasteiger partial charge in [0.1, 0.15) is 0 Å². The molecule has 0 saturated carbocycles. The molecule has 0 radical (unpaired) electrons. The van der Waals surface area contributed by atoms with E-state index in [1.54, 1.807) is 12.4 Å². The van der Waals surface area contributed by atoms with Gasteiger partial charge in [-0.25, -0.2) is 0 Å². The predicted octanol–water partition coefficient (Wildman–Crippen LogP) is 2.73. The van der Waals surface area contributed by atoms with Crippen molar-refractivity contribution in [2.45, 2.75) is 37.6 Å². The quantitative estimate of drug-likeness (QED) is 0.901. The standard InChI is InChI=1S/C19H21N3O2S/c1-13-4-11-25-17(13)18(24)22-9-5-19(6-10-22)15(12-16(23)21-19)14-2-7-20-8-3-14/h2-4,7-8,11,15H,5-6,9-10,12H2,1H3,(H,21,23)/t15-/m0/s1. The lowest BCUT2D eigenvalue weighted by Gasteiger charge is -2.43. The van der Waals surface area contributed by atoms with Gasteiger partial charge in [0.2, 0.25) is 5.91 Å². The van der Waals surface area contributed by atoms with E-state index in [2.05, 4.69) is 10.3 Å². The molecule has 0 aliphatic carbocycles. The second-order valence-corrected chi connectivity index (χ2v) is 7.88. The number of likely N-dealkylation sites (tertiary alicyclic amines) is 1. The van der Waals surface area contributed by atoms with Crippen LogP contribution in [0.3, 0.4) is 0 Å². The van der Waals surface area contributed by atoms with Crippen molar-refractivity contribution < 1.29 is 9.59 Å². The van der Waals surface area contributed by atoms with E-state index in [1.807, 2.05) is 35.4 Å². The topological polar surface area (TPSA) is 62.3 Å². The number of rotatable bonds is 2. The number of aryl methyl sites for hydroxylation is 1. The summed E-state index contributed by atoms with van der Waals surface area (Å²) in [4.78, 5) is 31.7. The molecule has 2 aliphatic heterocycles. The highest BCUT2D eigenvalue weighted by Crippen LogP contribution is 2.43. The molecule has 2 aliphatic rings. The normalized spacial score (nSPS) is 22.2. The van der Waals surface area contributed by atoms with E-state index in [0.717, 1.165) is 28.8 Å². The fourth-order valence-electron chi connectivity index (χ4n) is 4.15. The van der Waals surface area contributed by atoms with Crippen LogP contribution in [0.4, 0.5) is 0 Å². The molecule has 5 nitrogen and oxygen atoms in total. The van der Waals surface area contributed by atoms with Crippen LogP contribution < -0.4 is 5.32 Å². The van der Waals surface area contributed by atoms with Crippen LogP contribution in [0.1, 0.15) is 46.0 Å². The van der Waals surface area contributed by atoms with E-state index in [-0.39, 0.29) is 23.3 Å². The van der Waals surface area contributed by atoms with Gasteiger partial charge >= 0.3 is 0 Å². The largest absolute Gasteiger partial charge is 0.350 e. The minimum absolute atomic E-state index is 0.107. The Labute approximate surface area is 151 Å². The molecule has 6 heteroatoms. The third-order valence-corrected chi connectivity index (χ3v) is 6.56. The number of hydrogen-bond donors (Lipinski definition) is 1. The molecular formula is C19H21N3O2S. The maximum Gasteiger partial charge on any atom is 0.264 e. The van der Waals surface area contributed by atoms with E-state index in [1.165, 1.54) is 11.3 Å². The van der Waals surface area contributed by atoms with E-state index in [4.69, 9.17) is 0 Å². The Hall–Kier alpha value is -2.21. The number of nitrogens with zero attached hydrogens (tertiary/aromatic N) is 2. The summed E-state index contributed by atoms with van der Waals surface area (Å²) >= 11 is 1.50. The first-order valence-electron chi connectivity index (χ1n) is 8.63. The van der Waals surface area contributed by atoms with Gasteiger partial charge in [-0.1, -0.05) is 0 Å². The van der Waals surface area contributed by atoms with Crippen molar-refractivity contribution in [2.24, 2.45) is 0 Å². The van der Waals surface area contributed by atoms with Gasteiger partial charge in [-0.3, -0.25) is 14.6 Å². The fourth-order valence-corrected chi connectivity index (χ4v) is 5.04. The van der Waals surface area contributed by atoms with Crippen LogP contribution in [-0.2, 0) is 4.79 Å². The average molecular weight is 355 g/mol. The first kappa shape index (κ1) is 16.3. The predicted molar refractivity (Wildman–Crippen MR) is 96.7 cm³/mol. The van der Waals surface area contributed by atoms with Crippen LogP contribution in [-0.4, -0.2) is 40.3 Å². The van der Waals surface area contributed by atoms with Crippen LogP contribution in [0.15, 0.2) is 36.0 Å². The smallest absolute Gasteiger partial charge is 0.264 e. The maximum atomic E-state index is 12.7. The first-order chi connectivity index (χ1) is 12.1. The second kappa shape index (κ2) is 6.26. The Kier molecular flexibility index (Phi) is 4.07. The summed E-state index contributed by atoms with van der Waals surface area (Å²) < 4.78 is 0. The number of hydrogen-bond acceptors (Lipinski definition) is 4. The Morgan fingerprint density at radius 2 is 2.00 bits per heavy atom. The molecule has 25 heavy (non-hydrogen) atoms. The Morgan fingerprint density at radius 3 is 2.64 bits per heavy atom. The Balaban J connectivity index is 1.52. The molecule has 130 valence electrons. The van der Waals surface area contributed by atoms with Crippen molar-refractivity contribution in [1.29, 1.82) is 0 Å². The number of pyridine rings is 1. The highest BCUT2D eigenvalue weighted by Gasteiger charge is 2.49. The molecule has 4 rings (SSSR count). The van der Waals surface area contributed by atoms with Gasteiger partial charge in [-0.15, -0.1) is 11.3 Å². The van der Waals surface area contributed by atoms with E-state index >= 15 is 0 Å². The lowest BCUT2D eigenvalue weighted by Crippen LogP contribution is -2.54. The zero-order chi connectivity index (χ0) is 17.4. The number of piperidine rings is 1. The van der Waals surface area contributed by atoms with Crippen LogP contribution in [0.25, 0.3) is 0 Å². The molecule has 0 bridgehead atoms. The van der Waals surface area contributed by atoms with Gasteiger partial charge in [0.05, 0.1) is 10.4 Å². The summed E-state index contributed by atoms with van der Waals surface area (Å²) in [5.74, 6) is 0.381. The van der Waals surface area contributed by atoms with Gasteiger partial charge in [0.25, 0.3) is 5.91 Å². The molecular weight excluding hydrogens is 334 g/mol. The van der Waals surface area contributed by atoms with Gasteiger partial charge in [0, 0.05) is 37.8 Å². The molecule has 1 N–H and O–H groups in total. The van der Waals surface area contributed by atoms with Gasteiger partial charge in [-0.05, 0) is 54.5 Å². The lowest BCUT2D eigenvalue weighted by atomic mass is 9.74. The number of aromatic nitrogens is 1. The van der Waals surface area contributed by atoms with Crippen molar-refractivity contribution >= 4 is 23.2 Å². The van der Waals surface area contributed by atoms with Gasteiger partial charge in [0.15, 0.2) is 0 Å². The zero-order valence-electron chi connectivity index (χ0n) is 14.2. The van der Waals surface area contributed by atoms with Crippen LogP contribution >= 0.6 is 11.3 Å².